The Bertz CT molecular complexity index is 1190. The van der Waals surface area contributed by atoms with Crippen LogP contribution in [-0.4, -0.2) is 63.7 Å². The second-order valence-electron chi connectivity index (χ2n) is 16.4. The Morgan fingerprint density at radius 3 is 2.33 bits per heavy atom. The first-order valence-electron chi connectivity index (χ1n) is 16.5. The molecule has 7 nitrogen and oxygen atoms in total. The van der Waals surface area contributed by atoms with Gasteiger partial charge in [-0.1, -0.05) is 57.4 Å². The molecule has 1 saturated heterocycles. The largest absolute Gasteiger partial charge is 0.481 e. The number of aliphatic carboxylic acids is 1. The quantitative estimate of drug-likeness (QED) is 0.251. The van der Waals surface area contributed by atoms with Crippen molar-refractivity contribution in [2.45, 2.75) is 137 Å². The van der Waals surface area contributed by atoms with Gasteiger partial charge >= 0.3 is 5.97 Å². The van der Waals surface area contributed by atoms with Crippen LogP contribution < -0.4 is 0 Å². The van der Waals surface area contributed by atoms with E-state index in [4.69, 9.17) is 9.47 Å². The number of aliphatic hydroxyl groups excluding tert-OH is 3. The lowest BCUT2D eigenvalue weighted by molar-refractivity contribution is -0.308. The molecule has 6 rings (SSSR count). The van der Waals surface area contributed by atoms with Crippen LogP contribution in [0.4, 0.5) is 0 Å². The number of allylic oxidation sites excluding steroid dienone is 4. The van der Waals surface area contributed by atoms with Crippen LogP contribution in [-0.2, 0) is 14.3 Å². The molecule has 12 atom stereocenters. The van der Waals surface area contributed by atoms with Gasteiger partial charge in [0.05, 0.1) is 18.1 Å². The molecule has 4 fully saturated rings. The fourth-order valence-electron chi connectivity index (χ4n) is 11.7. The molecular weight excluding hydrogens is 532 g/mol. The molecule has 1 aliphatic heterocycles. The minimum absolute atomic E-state index is 0.00201. The lowest BCUT2D eigenvalue weighted by Gasteiger charge is -2.71. The number of carbonyl (C=O) groups is 1. The molecule has 0 aromatic rings. The molecule has 42 heavy (non-hydrogen) atoms. The van der Waals surface area contributed by atoms with Crippen LogP contribution in [0.25, 0.3) is 0 Å². The van der Waals surface area contributed by atoms with Gasteiger partial charge in [-0.2, -0.15) is 0 Å². The Hall–Kier alpha value is -1.25. The summed E-state index contributed by atoms with van der Waals surface area (Å²) in [7, 11) is 0. The van der Waals surface area contributed by atoms with E-state index >= 15 is 0 Å². The summed E-state index contributed by atoms with van der Waals surface area (Å²) >= 11 is 0. The third-order valence-electron chi connectivity index (χ3n) is 14.6. The van der Waals surface area contributed by atoms with E-state index in [1.165, 1.54) is 16.7 Å². The first-order chi connectivity index (χ1) is 19.5. The van der Waals surface area contributed by atoms with Gasteiger partial charge in [0, 0.05) is 5.92 Å². The summed E-state index contributed by atoms with van der Waals surface area (Å²) in [5, 5.41) is 41.3. The fourth-order valence-corrected chi connectivity index (χ4v) is 11.7. The summed E-state index contributed by atoms with van der Waals surface area (Å²) in [5.41, 5.74) is 3.36. The highest BCUT2D eigenvalue weighted by molar-refractivity contribution is 5.78. The van der Waals surface area contributed by atoms with Crippen LogP contribution >= 0.6 is 0 Å². The summed E-state index contributed by atoms with van der Waals surface area (Å²) in [5.74, 6) is 0.288. The summed E-state index contributed by atoms with van der Waals surface area (Å²) in [6.07, 6.45) is 6.10. The topological polar surface area (TPSA) is 116 Å². The van der Waals surface area contributed by atoms with Gasteiger partial charge in [0.25, 0.3) is 0 Å². The Balaban J connectivity index is 1.32. The van der Waals surface area contributed by atoms with Crippen molar-refractivity contribution in [2.75, 3.05) is 6.61 Å². The highest BCUT2D eigenvalue weighted by atomic mass is 16.7. The van der Waals surface area contributed by atoms with E-state index in [9.17, 15) is 25.2 Å². The Kier molecular flexibility index (Phi) is 7.23. The monoisotopic (exact) mass is 586 g/mol. The maximum absolute atomic E-state index is 12.9. The molecule has 0 aromatic carbocycles. The lowest BCUT2D eigenvalue weighted by Crippen LogP contribution is -2.65. The number of rotatable bonds is 3. The first-order valence-corrected chi connectivity index (χ1v) is 16.5. The number of aliphatic hydroxyl groups is 3. The number of ether oxygens (including phenoxy) is 2. The van der Waals surface area contributed by atoms with Crippen LogP contribution in [0.2, 0.25) is 0 Å². The maximum Gasteiger partial charge on any atom is 0.310 e. The third-order valence-corrected chi connectivity index (χ3v) is 14.6. The van der Waals surface area contributed by atoms with Crippen LogP contribution in [0.5, 0.6) is 0 Å². The smallest absolute Gasteiger partial charge is 0.310 e. The molecule has 3 saturated carbocycles. The van der Waals surface area contributed by atoms with E-state index in [1.807, 2.05) is 0 Å². The zero-order valence-electron chi connectivity index (χ0n) is 26.8. The van der Waals surface area contributed by atoms with E-state index < -0.39 is 36.0 Å². The molecular formula is C35H54O7. The van der Waals surface area contributed by atoms with Crippen molar-refractivity contribution >= 4 is 5.97 Å². The van der Waals surface area contributed by atoms with Crippen molar-refractivity contribution in [3.05, 3.63) is 22.8 Å². The van der Waals surface area contributed by atoms with Gasteiger partial charge < -0.3 is 29.9 Å². The van der Waals surface area contributed by atoms with Crippen molar-refractivity contribution < 1.29 is 34.7 Å². The zero-order chi connectivity index (χ0) is 30.6. The summed E-state index contributed by atoms with van der Waals surface area (Å²) in [4.78, 5) is 12.9. The third kappa shape index (κ3) is 3.92. The van der Waals surface area contributed by atoms with Gasteiger partial charge in [-0.05, 0) is 105 Å². The van der Waals surface area contributed by atoms with Gasteiger partial charge in [-0.25, -0.2) is 0 Å². The molecule has 6 aliphatic rings. The van der Waals surface area contributed by atoms with Crippen molar-refractivity contribution in [1.82, 2.24) is 0 Å². The normalized spacial score (nSPS) is 51.9. The van der Waals surface area contributed by atoms with E-state index in [2.05, 4.69) is 54.5 Å². The predicted octanol–water partition coefficient (Wildman–Crippen LogP) is 5.62. The molecule has 236 valence electrons. The summed E-state index contributed by atoms with van der Waals surface area (Å²) < 4.78 is 12.1. The van der Waals surface area contributed by atoms with Gasteiger partial charge in [0.15, 0.2) is 6.29 Å². The zero-order valence-corrected chi connectivity index (χ0v) is 26.8. The van der Waals surface area contributed by atoms with Crippen LogP contribution in [0, 0.1) is 44.8 Å². The average molecular weight is 587 g/mol. The SMILES string of the molecule is CC1=C(C)[C@H]2C3=CC[C@@H]4[C@@]5(C)CC[C@H](O[C@@H]6OC[C@H](O)[C@H](O)[C@H]6O)C(C)(C)[C@@H]5CC[C@@]4(C)[C@]3(C)CC[C@@]2(C(=O)O)CC1. The predicted molar refractivity (Wildman–Crippen MR) is 159 cm³/mol. The van der Waals surface area contributed by atoms with Crippen LogP contribution in [0.1, 0.15) is 106 Å². The Morgan fingerprint density at radius 1 is 0.929 bits per heavy atom. The molecule has 0 bridgehead atoms. The first kappa shape index (κ1) is 30.8. The van der Waals surface area contributed by atoms with E-state index in [1.54, 1.807) is 0 Å². The molecule has 0 aromatic heterocycles. The average Bonchev–Trinajstić information content (AvgIpc) is 2.92. The highest BCUT2D eigenvalue weighted by Crippen LogP contribution is 2.75. The van der Waals surface area contributed by atoms with Crippen molar-refractivity contribution in [3.8, 4) is 0 Å². The lowest BCUT2D eigenvalue weighted by atomic mass is 9.34. The maximum atomic E-state index is 12.9. The van der Waals surface area contributed by atoms with E-state index in [0.29, 0.717) is 11.8 Å². The molecule has 4 N–H and O–H groups in total. The van der Waals surface area contributed by atoms with Gasteiger partial charge in [-0.3, -0.25) is 4.79 Å². The van der Waals surface area contributed by atoms with E-state index in [-0.39, 0.29) is 40.3 Å². The Labute approximate surface area is 251 Å². The fraction of sp³-hybridized carbons (Fsp3) is 0.857. The molecule has 0 amide bonds. The molecule has 7 heteroatoms. The molecule has 1 heterocycles. The second kappa shape index (κ2) is 9.87. The number of hydrogen-bond donors (Lipinski definition) is 4. The van der Waals surface area contributed by atoms with Gasteiger partial charge in [-0.15, -0.1) is 0 Å². The minimum Gasteiger partial charge on any atom is -0.481 e. The molecule has 0 radical (unpaired) electrons. The summed E-state index contributed by atoms with van der Waals surface area (Å²) in [6.45, 7) is 16.5. The number of fused-ring (bicyclic) bond motifs is 7. The molecule has 0 unspecified atom stereocenters. The van der Waals surface area contributed by atoms with Crippen molar-refractivity contribution in [2.24, 2.45) is 44.8 Å². The number of hydrogen-bond acceptors (Lipinski definition) is 6. The van der Waals surface area contributed by atoms with Gasteiger partial charge in [0.2, 0.25) is 0 Å². The molecule has 5 aliphatic carbocycles. The van der Waals surface area contributed by atoms with Crippen molar-refractivity contribution in [1.29, 1.82) is 0 Å². The Morgan fingerprint density at radius 2 is 1.64 bits per heavy atom. The van der Waals surface area contributed by atoms with Crippen LogP contribution in [0.3, 0.4) is 0 Å². The standard InChI is InChI=1S/C35H54O7/c1-19-10-15-35(30(39)40)17-16-33(6)21(26(35)20(19)2)8-9-24-32(5)13-12-25(31(3,4)23(32)11-14-34(24,33)7)42-29-28(38)27(37)22(36)18-41-29/h8,22-29,36-38H,9-18H2,1-7H3,(H,39,40)/t22-,23-,24+,25-,26-,27-,28+,29-,32-,33+,34+,35-/m0/s1. The van der Waals surface area contributed by atoms with Gasteiger partial charge in [0.1, 0.15) is 18.3 Å². The van der Waals surface area contributed by atoms with E-state index in [0.717, 1.165) is 57.8 Å². The number of carboxylic acids is 1. The van der Waals surface area contributed by atoms with Crippen LogP contribution in [0.15, 0.2) is 22.8 Å². The summed E-state index contributed by atoms with van der Waals surface area (Å²) in [6, 6.07) is 0. The highest BCUT2D eigenvalue weighted by Gasteiger charge is 2.69. The van der Waals surface area contributed by atoms with Crippen molar-refractivity contribution in [3.63, 3.8) is 0 Å². The molecule has 0 spiro atoms. The minimum atomic E-state index is -1.28. The second-order valence-corrected chi connectivity index (χ2v) is 16.4. The number of carboxylic acid groups (broad SMARTS) is 1.